The minimum Gasteiger partial charge on any atom is -0.350 e. The highest BCUT2D eigenvalue weighted by molar-refractivity contribution is 5.81. The predicted molar refractivity (Wildman–Crippen MR) is 111 cm³/mol. The second kappa shape index (κ2) is 8.16. The van der Waals surface area contributed by atoms with Crippen LogP contribution in [0, 0.1) is 0 Å². The van der Waals surface area contributed by atoms with Crippen LogP contribution < -0.4 is 5.73 Å². The van der Waals surface area contributed by atoms with Gasteiger partial charge in [0.1, 0.15) is 0 Å². The van der Waals surface area contributed by atoms with Crippen LogP contribution in [0.4, 0.5) is 4.79 Å². The molecular weight excluding hydrogens is 364 g/mol. The minimum absolute atomic E-state index is 0.0664. The Kier molecular flexibility index (Phi) is 5.27. The average molecular weight is 386 g/mol. The van der Waals surface area contributed by atoms with Crippen molar-refractivity contribution >= 4 is 16.9 Å². The van der Waals surface area contributed by atoms with Gasteiger partial charge < -0.3 is 10.3 Å². The van der Waals surface area contributed by atoms with Gasteiger partial charge in [-0.15, -0.1) is 0 Å². The van der Waals surface area contributed by atoms with Gasteiger partial charge in [0, 0.05) is 36.6 Å². The summed E-state index contributed by atoms with van der Waals surface area (Å²) in [5.41, 5.74) is 10.6. The number of hydrogen-bond donors (Lipinski definition) is 2. The zero-order valence-corrected chi connectivity index (χ0v) is 15.9. The van der Waals surface area contributed by atoms with Gasteiger partial charge in [-0.25, -0.2) is 9.86 Å². The maximum absolute atomic E-state index is 11.0. The topological polar surface area (TPSA) is 84.4 Å². The molecule has 2 amide bonds. The lowest BCUT2D eigenvalue weighted by molar-refractivity contribution is -0.0470. The molecule has 2 aromatic heterocycles. The van der Waals surface area contributed by atoms with Crippen molar-refractivity contribution < 1.29 is 10.0 Å². The SMILES string of the molecule is NC(=O)N(O)Cc1ccc(Cc2cc3ccccc3n2Cc2cccnc2)cc1. The van der Waals surface area contributed by atoms with Crippen LogP contribution >= 0.6 is 0 Å². The second-order valence-electron chi connectivity index (χ2n) is 7.03. The molecule has 6 nitrogen and oxygen atoms in total. The predicted octanol–water partition coefficient (Wildman–Crippen LogP) is 3.95. The summed E-state index contributed by atoms with van der Waals surface area (Å²) in [5.74, 6) is 0. The highest BCUT2D eigenvalue weighted by Gasteiger charge is 2.11. The Hall–Kier alpha value is -3.64. The largest absolute Gasteiger partial charge is 0.350 e. The summed E-state index contributed by atoms with van der Waals surface area (Å²) >= 11 is 0. The lowest BCUT2D eigenvalue weighted by atomic mass is 10.1. The van der Waals surface area contributed by atoms with Gasteiger partial charge in [-0.3, -0.25) is 10.2 Å². The van der Waals surface area contributed by atoms with E-state index < -0.39 is 6.03 Å². The molecule has 146 valence electrons. The van der Waals surface area contributed by atoms with Crippen molar-refractivity contribution in [1.29, 1.82) is 0 Å². The van der Waals surface area contributed by atoms with Crippen LogP contribution in [0.5, 0.6) is 0 Å². The Morgan fingerprint density at radius 1 is 1.00 bits per heavy atom. The molecule has 2 heterocycles. The molecule has 0 aliphatic heterocycles. The van der Waals surface area contributed by atoms with E-state index in [4.69, 9.17) is 5.73 Å². The molecule has 0 atom stereocenters. The third-order valence-corrected chi connectivity index (χ3v) is 4.95. The zero-order valence-electron chi connectivity index (χ0n) is 15.9. The summed E-state index contributed by atoms with van der Waals surface area (Å²) in [6.45, 7) is 0.823. The molecule has 0 radical (unpaired) electrons. The van der Waals surface area contributed by atoms with E-state index in [1.165, 1.54) is 16.6 Å². The van der Waals surface area contributed by atoms with Crippen LogP contribution in [-0.4, -0.2) is 25.9 Å². The van der Waals surface area contributed by atoms with E-state index in [1.54, 1.807) is 6.20 Å². The number of benzene rings is 2. The number of nitrogens with zero attached hydrogens (tertiary/aromatic N) is 3. The lowest BCUT2D eigenvalue weighted by Gasteiger charge is -2.13. The monoisotopic (exact) mass is 386 g/mol. The van der Waals surface area contributed by atoms with Gasteiger partial charge >= 0.3 is 6.03 Å². The Bertz CT molecular complexity index is 1120. The van der Waals surface area contributed by atoms with Crippen molar-refractivity contribution in [3.05, 3.63) is 102 Å². The fourth-order valence-electron chi connectivity index (χ4n) is 3.50. The summed E-state index contributed by atoms with van der Waals surface area (Å²) < 4.78 is 2.32. The highest BCUT2D eigenvalue weighted by atomic mass is 16.5. The van der Waals surface area contributed by atoms with E-state index in [0.717, 1.165) is 29.7 Å². The molecule has 0 fully saturated rings. The third kappa shape index (κ3) is 4.28. The normalized spacial score (nSPS) is 10.9. The minimum atomic E-state index is -0.867. The number of nitrogens with two attached hydrogens (primary N) is 1. The Morgan fingerprint density at radius 3 is 2.48 bits per heavy atom. The molecule has 2 aromatic carbocycles. The van der Waals surface area contributed by atoms with Gasteiger partial charge in [0.05, 0.1) is 6.54 Å². The smallest absolute Gasteiger partial charge is 0.338 e. The average Bonchev–Trinajstić information content (AvgIpc) is 3.07. The van der Waals surface area contributed by atoms with Crippen LogP contribution in [0.2, 0.25) is 0 Å². The van der Waals surface area contributed by atoms with Crippen LogP contribution in [0.25, 0.3) is 10.9 Å². The van der Waals surface area contributed by atoms with Gasteiger partial charge in [-0.05, 0) is 40.3 Å². The Balaban J connectivity index is 1.60. The first-order valence-electron chi connectivity index (χ1n) is 9.40. The van der Waals surface area contributed by atoms with E-state index in [9.17, 15) is 10.0 Å². The summed E-state index contributed by atoms with van der Waals surface area (Å²) in [7, 11) is 0. The fraction of sp³-hybridized carbons (Fsp3) is 0.130. The number of hydrogen-bond acceptors (Lipinski definition) is 3. The standard InChI is InChI=1S/C23H22N4O2/c24-23(28)27(29)16-18-9-7-17(8-10-18)12-21-13-20-5-1-2-6-22(20)26(21)15-19-4-3-11-25-14-19/h1-11,13-14,29H,12,15-16H2,(H2,24,28). The van der Waals surface area contributed by atoms with Crippen molar-refractivity contribution in [3.63, 3.8) is 0 Å². The van der Waals surface area contributed by atoms with Crippen LogP contribution in [0.1, 0.15) is 22.4 Å². The van der Waals surface area contributed by atoms with Gasteiger partial charge in [-0.2, -0.15) is 0 Å². The highest BCUT2D eigenvalue weighted by Crippen LogP contribution is 2.23. The van der Waals surface area contributed by atoms with Gasteiger partial charge in [-0.1, -0.05) is 48.5 Å². The summed E-state index contributed by atoms with van der Waals surface area (Å²) in [6.07, 6.45) is 4.45. The number of rotatable bonds is 6. The number of carbonyl (C=O) groups is 1. The Labute approximate surface area is 168 Å². The van der Waals surface area contributed by atoms with Crippen LogP contribution in [0.3, 0.4) is 0 Å². The summed E-state index contributed by atoms with van der Waals surface area (Å²) in [6, 6.07) is 21.6. The summed E-state index contributed by atoms with van der Waals surface area (Å²) in [5, 5.41) is 11.2. The maximum Gasteiger partial charge on any atom is 0.338 e. The van der Waals surface area contributed by atoms with Gasteiger partial charge in [0.15, 0.2) is 0 Å². The third-order valence-electron chi connectivity index (χ3n) is 4.95. The summed E-state index contributed by atoms with van der Waals surface area (Å²) in [4.78, 5) is 15.2. The van der Waals surface area contributed by atoms with E-state index in [2.05, 4.69) is 45.9 Å². The molecule has 0 saturated heterocycles. The first kappa shape index (κ1) is 18.7. The first-order chi connectivity index (χ1) is 14.1. The molecule has 0 unspecified atom stereocenters. The van der Waals surface area contributed by atoms with Crippen molar-refractivity contribution in [2.24, 2.45) is 5.73 Å². The van der Waals surface area contributed by atoms with Crippen molar-refractivity contribution in [2.75, 3.05) is 0 Å². The first-order valence-corrected chi connectivity index (χ1v) is 9.40. The molecule has 0 aliphatic carbocycles. The fourth-order valence-corrected chi connectivity index (χ4v) is 3.50. The number of para-hydroxylation sites is 1. The number of amides is 2. The lowest BCUT2D eigenvalue weighted by Crippen LogP contribution is -2.31. The molecule has 6 heteroatoms. The number of hydroxylamine groups is 2. The van der Waals surface area contributed by atoms with Crippen molar-refractivity contribution in [2.45, 2.75) is 19.5 Å². The molecule has 0 spiro atoms. The number of primary amides is 1. The molecule has 3 N–H and O–H groups in total. The number of carbonyl (C=O) groups excluding carboxylic acids is 1. The number of urea groups is 1. The molecule has 0 aliphatic rings. The molecule has 0 bridgehead atoms. The van der Waals surface area contributed by atoms with Crippen LogP contribution in [-0.2, 0) is 19.5 Å². The molecule has 29 heavy (non-hydrogen) atoms. The van der Waals surface area contributed by atoms with E-state index in [0.29, 0.717) is 5.06 Å². The number of pyridine rings is 1. The number of fused-ring (bicyclic) bond motifs is 1. The van der Waals surface area contributed by atoms with Gasteiger partial charge in [0.2, 0.25) is 0 Å². The quantitative estimate of drug-likeness (QED) is 0.389. The van der Waals surface area contributed by atoms with Crippen molar-refractivity contribution in [3.8, 4) is 0 Å². The molecule has 4 rings (SSSR count). The molecule has 0 saturated carbocycles. The van der Waals surface area contributed by atoms with E-state index in [-0.39, 0.29) is 6.54 Å². The van der Waals surface area contributed by atoms with E-state index in [1.807, 2.05) is 36.5 Å². The molecule has 4 aromatic rings. The number of aromatic nitrogens is 2. The second-order valence-corrected chi connectivity index (χ2v) is 7.03. The van der Waals surface area contributed by atoms with E-state index >= 15 is 0 Å². The Morgan fingerprint density at radius 2 is 1.76 bits per heavy atom. The molecular formula is C23H22N4O2. The van der Waals surface area contributed by atoms with Crippen molar-refractivity contribution in [1.82, 2.24) is 14.6 Å². The zero-order chi connectivity index (χ0) is 20.2. The van der Waals surface area contributed by atoms with Crippen LogP contribution in [0.15, 0.2) is 79.1 Å². The maximum atomic E-state index is 11.0. The van der Waals surface area contributed by atoms with Gasteiger partial charge in [0.25, 0.3) is 0 Å².